The molecule has 0 bridgehead atoms. The van der Waals surface area contributed by atoms with Gasteiger partial charge in [0.05, 0.1) is 17.1 Å². The molecule has 2 aromatic heterocycles. The first kappa shape index (κ1) is 25.1. The Hall–Kier alpha value is -5.38. The van der Waals surface area contributed by atoms with Crippen molar-refractivity contribution in [1.29, 1.82) is 0 Å². The van der Waals surface area contributed by atoms with E-state index in [1.807, 2.05) is 11.3 Å². The van der Waals surface area contributed by atoms with Crippen molar-refractivity contribution >= 4 is 64.6 Å². The number of nitrogens with zero attached hydrogens (tertiary/aromatic N) is 1. The van der Waals surface area contributed by atoms with Crippen LogP contribution in [0.4, 0.5) is 0 Å². The summed E-state index contributed by atoms with van der Waals surface area (Å²) in [7, 11) is 0. The third-order valence-corrected chi connectivity index (χ3v) is 10.0. The fourth-order valence-electron chi connectivity index (χ4n) is 6.76. The van der Waals surface area contributed by atoms with Crippen molar-refractivity contribution < 1.29 is 0 Å². The average Bonchev–Trinajstić information content (AvgIpc) is 3.64. The first-order valence-corrected chi connectivity index (χ1v) is 15.9. The van der Waals surface area contributed by atoms with Crippen molar-refractivity contribution in [3.05, 3.63) is 174 Å². The quantitative estimate of drug-likeness (QED) is 0.219. The molecule has 1 aliphatic heterocycles. The number of nitrogens with one attached hydrogen (secondary N) is 1. The van der Waals surface area contributed by atoms with E-state index in [4.69, 9.17) is 0 Å². The summed E-state index contributed by atoms with van der Waals surface area (Å²) in [5, 5.41) is 9.13. The van der Waals surface area contributed by atoms with Gasteiger partial charge in [0.2, 0.25) is 0 Å². The highest BCUT2D eigenvalue weighted by Gasteiger charge is 2.21. The summed E-state index contributed by atoms with van der Waals surface area (Å²) in [4.78, 5) is 0. The SMILES string of the molecule is C1=C(c2ccccc2)C=C(c2ccc3c4c5sc6ccccc6c5ccc4n(-c4ccccc4)c3c2)NC1c1ccccc1. The molecular formula is C41H28N2S. The molecule has 0 aliphatic carbocycles. The van der Waals surface area contributed by atoms with E-state index in [-0.39, 0.29) is 6.04 Å². The number of hydrogen-bond donors (Lipinski definition) is 1. The molecule has 1 aliphatic rings. The van der Waals surface area contributed by atoms with Gasteiger partial charge < -0.3 is 9.88 Å². The summed E-state index contributed by atoms with van der Waals surface area (Å²) in [5.41, 5.74) is 9.61. The van der Waals surface area contributed by atoms with Crippen molar-refractivity contribution in [2.75, 3.05) is 0 Å². The lowest BCUT2D eigenvalue weighted by atomic mass is 9.93. The summed E-state index contributed by atoms with van der Waals surface area (Å²) in [5.74, 6) is 0. The molecule has 2 nitrogen and oxygen atoms in total. The van der Waals surface area contributed by atoms with Gasteiger partial charge in [0.25, 0.3) is 0 Å². The molecule has 44 heavy (non-hydrogen) atoms. The van der Waals surface area contributed by atoms with Crippen LogP contribution in [0.5, 0.6) is 0 Å². The Morgan fingerprint density at radius 3 is 2.09 bits per heavy atom. The van der Waals surface area contributed by atoms with Crippen LogP contribution in [-0.2, 0) is 0 Å². The molecule has 1 unspecified atom stereocenters. The summed E-state index contributed by atoms with van der Waals surface area (Å²) in [6, 6.07) is 52.6. The van der Waals surface area contributed by atoms with Crippen LogP contribution >= 0.6 is 11.3 Å². The van der Waals surface area contributed by atoms with Gasteiger partial charge in [-0.3, -0.25) is 0 Å². The maximum Gasteiger partial charge on any atom is 0.0707 e. The maximum atomic E-state index is 3.87. The number of hydrogen-bond acceptors (Lipinski definition) is 2. The molecule has 0 saturated carbocycles. The molecular weight excluding hydrogens is 553 g/mol. The summed E-state index contributed by atoms with van der Waals surface area (Å²) < 4.78 is 5.12. The number of dihydropyridines is 1. The molecule has 0 saturated heterocycles. The van der Waals surface area contributed by atoms with Crippen LogP contribution in [0, 0.1) is 0 Å². The lowest BCUT2D eigenvalue weighted by Crippen LogP contribution is -2.21. The number of allylic oxidation sites excluding steroid dienone is 2. The van der Waals surface area contributed by atoms with E-state index in [0.29, 0.717) is 0 Å². The van der Waals surface area contributed by atoms with Gasteiger partial charge in [-0.1, -0.05) is 115 Å². The molecule has 1 atom stereocenters. The van der Waals surface area contributed by atoms with Gasteiger partial charge in [0.1, 0.15) is 0 Å². The highest BCUT2D eigenvalue weighted by atomic mass is 32.1. The molecule has 0 amide bonds. The number of fused-ring (bicyclic) bond motifs is 7. The fraction of sp³-hybridized carbons (Fsp3) is 0.0244. The maximum absolute atomic E-state index is 3.87. The van der Waals surface area contributed by atoms with Crippen LogP contribution in [0.1, 0.15) is 22.7 Å². The summed E-state index contributed by atoms with van der Waals surface area (Å²) >= 11 is 1.90. The third-order valence-electron chi connectivity index (χ3n) is 8.82. The van der Waals surface area contributed by atoms with Crippen LogP contribution in [0.2, 0.25) is 0 Å². The summed E-state index contributed by atoms with van der Waals surface area (Å²) in [6.07, 6.45) is 4.64. The Bertz CT molecular complexity index is 2390. The first-order valence-electron chi connectivity index (χ1n) is 15.1. The second-order valence-corrected chi connectivity index (χ2v) is 12.5. The Morgan fingerprint density at radius 2 is 1.27 bits per heavy atom. The van der Waals surface area contributed by atoms with E-state index >= 15 is 0 Å². The van der Waals surface area contributed by atoms with E-state index in [2.05, 4.69) is 168 Å². The molecule has 0 spiro atoms. The van der Waals surface area contributed by atoms with Crippen LogP contribution in [0.25, 0.3) is 58.9 Å². The third kappa shape index (κ3) is 4.01. The zero-order chi connectivity index (χ0) is 29.0. The van der Waals surface area contributed by atoms with Gasteiger partial charge in [0.15, 0.2) is 0 Å². The molecule has 0 radical (unpaired) electrons. The molecule has 3 heteroatoms. The summed E-state index contributed by atoms with van der Waals surface area (Å²) in [6.45, 7) is 0. The van der Waals surface area contributed by atoms with Crippen LogP contribution in [-0.4, -0.2) is 4.57 Å². The minimum atomic E-state index is 0.0697. The number of aromatic nitrogens is 1. The van der Waals surface area contributed by atoms with Gasteiger partial charge in [-0.05, 0) is 64.7 Å². The molecule has 208 valence electrons. The van der Waals surface area contributed by atoms with Crippen molar-refractivity contribution in [3.8, 4) is 5.69 Å². The zero-order valence-corrected chi connectivity index (χ0v) is 24.8. The molecule has 0 fully saturated rings. The van der Waals surface area contributed by atoms with Gasteiger partial charge >= 0.3 is 0 Å². The van der Waals surface area contributed by atoms with Crippen molar-refractivity contribution in [3.63, 3.8) is 0 Å². The second-order valence-electron chi connectivity index (χ2n) is 11.4. The highest BCUT2D eigenvalue weighted by Crippen LogP contribution is 2.44. The molecule has 6 aromatic carbocycles. The average molecular weight is 581 g/mol. The number of para-hydroxylation sites is 1. The van der Waals surface area contributed by atoms with Crippen LogP contribution in [0.15, 0.2) is 158 Å². The smallest absolute Gasteiger partial charge is 0.0707 e. The van der Waals surface area contributed by atoms with E-state index < -0.39 is 0 Å². The van der Waals surface area contributed by atoms with Gasteiger partial charge in [-0.2, -0.15) is 0 Å². The molecule has 3 heterocycles. The fourth-order valence-corrected chi connectivity index (χ4v) is 8.02. The molecule has 8 aromatic rings. The van der Waals surface area contributed by atoms with E-state index in [1.165, 1.54) is 69.9 Å². The Balaban J connectivity index is 1.29. The zero-order valence-electron chi connectivity index (χ0n) is 23.9. The Morgan fingerprint density at radius 1 is 0.568 bits per heavy atom. The minimum absolute atomic E-state index is 0.0697. The van der Waals surface area contributed by atoms with Crippen molar-refractivity contribution in [2.24, 2.45) is 0 Å². The lowest BCUT2D eigenvalue weighted by molar-refractivity contribution is 0.767. The van der Waals surface area contributed by atoms with Crippen molar-refractivity contribution in [2.45, 2.75) is 6.04 Å². The van der Waals surface area contributed by atoms with Gasteiger partial charge in [0, 0.05) is 42.3 Å². The standard InChI is InChI=1S/C41H28N2S/c1-4-12-27(13-5-1)30-24-35(28-14-6-2-7-15-28)42-36(25-30)29-20-21-34-38(26-29)43(31-16-8-3-9-17-31)37-23-22-33-32-18-10-11-19-39(32)44-41(33)40(34)37/h1-26,35,42H. The van der Waals surface area contributed by atoms with Crippen molar-refractivity contribution in [1.82, 2.24) is 9.88 Å². The predicted molar refractivity (Wildman–Crippen MR) is 188 cm³/mol. The van der Waals surface area contributed by atoms with Crippen LogP contribution < -0.4 is 5.32 Å². The van der Waals surface area contributed by atoms with E-state index in [9.17, 15) is 0 Å². The highest BCUT2D eigenvalue weighted by molar-refractivity contribution is 7.26. The minimum Gasteiger partial charge on any atom is -0.374 e. The number of rotatable bonds is 4. The first-order chi connectivity index (χ1) is 21.8. The monoisotopic (exact) mass is 580 g/mol. The van der Waals surface area contributed by atoms with Gasteiger partial charge in [-0.25, -0.2) is 0 Å². The topological polar surface area (TPSA) is 17.0 Å². The lowest BCUT2D eigenvalue weighted by Gasteiger charge is -2.26. The van der Waals surface area contributed by atoms with E-state index in [1.54, 1.807) is 0 Å². The normalized spacial score (nSPS) is 15.0. The van der Waals surface area contributed by atoms with Gasteiger partial charge in [-0.15, -0.1) is 11.3 Å². The second kappa shape index (κ2) is 10.1. The number of thiophene rings is 1. The molecule has 9 rings (SSSR count). The Kier molecular flexibility index (Phi) is 5.78. The largest absolute Gasteiger partial charge is 0.374 e. The number of benzene rings is 6. The predicted octanol–water partition coefficient (Wildman–Crippen LogP) is 10.9. The Labute approximate surface area is 259 Å². The van der Waals surface area contributed by atoms with Crippen LogP contribution in [0.3, 0.4) is 0 Å². The van der Waals surface area contributed by atoms with E-state index in [0.717, 1.165) is 5.70 Å². The molecule has 1 N–H and O–H groups in total.